The van der Waals surface area contributed by atoms with Crippen molar-refractivity contribution in [2.75, 3.05) is 0 Å². The van der Waals surface area contributed by atoms with E-state index in [1.54, 1.807) is 0 Å². The Kier molecular flexibility index (Phi) is 15.1. The number of nitrogens with one attached hydrogen (secondary N) is 2. The minimum atomic E-state index is -2.20. The summed E-state index contributed by atoms with van der Waals surface area (Å²) in [6.07, 6.45) is 1.54. The molecule has 6 aromatic rings. The summed E-state index contributed by atoms with van der Waals surface area (Å²) < 4.78 is 0. The van der Waals surface area contributed by atoms with E-state index in [4.69, 9.17) is 0 Å². The van der Waals surface area contributed by atoms with Crippen LogP contribution < -0.4 is 21.2 Å². The quantitative estimate of drug-likeness (QED) is 0.145. The second-order valence-electron chi connectivity index (χ2n) is 15.2. The van der Waals surface area contributed by atoms with Gasteiger partial charge < -0.3 is 10.3 Å². The minimum Gasteiger partial charge on any atom is -0.309 e. The van der Waals surface area contributed by atoms with Gasteiger partial charge in [-0.2, -0.15) is 0 Å². The van der Waals surface area contributed by atoms with Gasteiger partial charge in [0.1, 0.15) is 0 Å². The van der Waals surface area contributed by atoms with Crippen LogP contribution in [0, 0.1) is 10.3 Å². The summed E-state index contributed by atoms with van der Waals surface area (Å²) in [6.45, 7) is 13.4. The molecule has 272 valence electrons. The van der Waals surface area contributed by atoms with E-state index in [2.05, 4.69) is 139 Å². The first kappa shape index (κ1) is 42.8. The average molecular weight is 768 g/mol. The highest BCUT2D eigenvalue weighted by atomic mass is 35.5. The van der Waals surface area contributed by atoms with Crippen LogP contribution in [0.2, 0.25) is 0 Å². The molecule has 0 aromatic heterocycles. The molecule has 0 saturated heterocycles. The van der Waals surface area contributed by atoms with Gasteiger partial charge in [0.2, 0.25) is 0 Å². The molecule has 0 radical (unpaired) electrons. The van der Waals surface area contributed by atoms with Crippen LogP contribution in [0.4, 0.5) is 0 Å². The second kappa shape index (κ2) is 18.4. The maximum absolute atomic E-state index is 9.43. The standard InChI is InChI=1S/2C23H26NP.2ClH/c2*1-23(2,3)20-16-14-19(15-17-20)18-25(24,21-10-6-4-7-11-21)22-12-8-5-9-13-22;;/h2*4-17,24H,18H2,1-3H3;2*1H. The van der Waals surface area contributed by atoms with Crippen LogP contribution in [-0.2, 0) is 23.2 Å². The highest BCUT2D eigenvalue weighted by molar-refractivity contribution is 7.79. The van der Waals surface area contributed by atoms with Crippen molar-refractivity contribution < 1.29 is 0 Å². The summed E-state index contributed by atoms with van der Waals surface area (Å²) in [5.41, 5.74) is 5.47. The highest BCUT2D eigenvalue weighted by Gasteiger charge is 2.24. The van der Waals surface area contributed by atoms with E-state index in [0.717, 1.165) is 33.5 Å². The number of benzene rings is 6. The normalized spacial score (nSPS) is 11.7. The molecule has 0 heterocycles. The lowest BCUT2D eigenvalue weighted by Gasteiger charge is -2.24. The molecule has 0 atom stereocenters. The Hall–Kier alpha value is -3.64. The van der Waals surface area contributed by atoms with Gasteiger partial charge in [0.15, 0.2) is 0 Å². The predicted molar refractivity (Wildman–Crippen MR) is 236 cm³/mol. The van der Waals surface area contributed by atoms with Crippen molar-refractivity contribution in [3.05, 3.63) is 192 Å². The van der Waals surface area contributed by atoms with Crippen LogP contribution in [0.25, 0.3) is 0 Å². The molecule has 0 bridgehead atoms. The fraction of sp³-hybridized carbons (Fsp3) is 0.217. The zero-order valence-electron chi connectivity index (χ0n) is 31.3. The van der Waals surface area contributed by atoms with E-state index in [9.17, 15) is 10.3 Å². The Labute approximate surface area is 325 Å². The predicted octanol–water partition coefficient (Wildman–Crippen LogP) is 12.7. The Balaban J connectivity index is 0.000000270. The second-order valence-corrected chi connectivity index (χ2v) is 21.1. The van der Waals surface area contributed by atoms with Crippen molar-refractivity contribution in [2.24, 2.45) is 0 Å². The molecule has 6 rings (SSSR count). The topological polar surface area (TPSA) is 47.7 Å². The zero-order chi connectivity index (χ0) is 35.8. The summed E-state index contributed by atoms with van der Waals surface area (Å²) >= 11 is 0. The Bertz CT molecular complexity index is 1800. The fourth-order valence-corrected chi connectivity index (χ4v) is 11.7. The summed E-state index contributed by atoms with van der Waals surface area (Å²) in [4.78, 5) is 0. The zero-order valence-corrected chi connectivity index (χ0v) is 34.7. The van der Waals surface area contributed by atoms with Gasteiger partial charge in [0.05, 0.1) is 0 Å². The number of rotatable bonds is 8. The van der Waals surface area contributed by atoms with Gasteiger partial charge in [-0.3, -0.25) is 0 Å². The monoisotopic (exact) mass is 766 g/mol. The van der Waals surface area contributed by atoms with Crippen molar-refractivity contribution in [3.63, 3.8) is 0 Å². The van der Waals surface area contributed by atoms with Gasteiger partial charge in [0.25, 0.3) is 0 Å². The molecule has 0 aliphatic rings. The largest absolute Gasteiger partial charge is 0.309 e. The number of halogens is 2. The molecule has 0 spiro atoms. The van der Waals surface area contributed by atoms with Crippen LogP contribution in [0.5, 0.6) is 0 Å². The van der Waals surface area contributed by atoms with Crippen molar-refractivity contribution in [2.45, 2.75) is 64.7 Å². The molecule has 0 saturated carbocycles. The molecule has 2 nitrogen and oxygen atoms in total. The molecular weight excluding hydrogens is 713 g/mol. The smallest absolute Gasteiger partial charge is 0.0279 e. The van der Waals surface area contributed by atoms with E-state index in [1.807, 2.05) is 72.8 Å². The van der Waals surface area contributed by atoms with Gasteiger partial charge in [-0.25, -0.2) is 0 Å². The van der Waals surface area contributed by atoms with Gasteiger partial charge in [-0.15, -0.1) is 24.8 Å². The van der Waals surface area contributed by atoms with Gasteiger partial charge >= 0.3 is 0 Å². The summed E-state index contributed by atoms with van der Waals surface area (Å²) in [5.74, 6) is 0. The fourth-order valence-electron chi connectivity index (χ4n) is 6.16. The lowest BCUT2D eigenvalue weighted by atomic mass is 9.87. The van der Waals surface area contributed by atoms with Crippen LogP contribution >= 0.6 is 38.9 Å². The van der Waals surface area contributed by atoms with E-state index in [-0.39, 0.29) is 35.6 Å². The summed E-state index contributed by atoms with van der Waals surface area (Å²) in [5, 5.41) is 23.4. The van der Waals surface area contributed by atoms with Crippen molar-refractivity contribution in [3.8, 4) is 0 Å². The van der Waals surface area contributed by atoms with Gasteiger partial charge in [-0.1, -0.05) is 211 Å². The van der Waals surface area contributed by atoms with Crippen molar-refractivity contribution >= 4 is 60.1 Å². The van der Waals surface area contributed by atoms with Crippen LogP contribution in [0.15, 0.2) is 170 Å². The lowest BCUT2D eigenvalue weighted by Crippen LogP contribution is -2.17. The Morgan fingerprint density at radius 1 is 0.346 bits per heavy atom. The summed E-state index contributed by atoms with van der Waals surface area (Å²) in [6, 6.07) is 59.0. The van der Waals surface area contributed by atoms with E-state index in [1.165, 1.54) is 22.3 Å². The maximum Gasteiger partial charge on any atom is 0.0279 e. The highest BCUT2D eigenvalue weighted by Crippen LogP contribution is 2.49. The average Bonchev–Trinajstić information content (AvgIpc) is 3.13. The molecular formula is C46H54Cl2N2P2. The molecule has 6 heteroatoms. The molecule has 0 unspecified atom stereocenters. The molecule has 0 aliphatic carbocycles. The van der Waals surface area contributed by atoms with Crippen molar-refractivity contribution in [1.29, 1.82) is 10.3 Å². The van der Waals surface area contributed by atoms with Crippen LogP contribution in [0.1, 0.15) is 63.8 Å². The van der Waals surface area contributed by atoms with Crippen LogP contribution in [-0.4, -0.2) is 0 Å². The van der Waals surface area contributed by atoms with E-state index < -0.39 is 14.1 Å². The molecule has 0 fully saturated rings. The molecule has 0 amide bonds. The van der Waals surface area contributed by atoms with E-state index >= 15 is 0 Å². The summed E-state index contributed by atoms with van der Waals surface area (Å²) in [7, 11) is -4.40. The number of hydrogen-bond donors (Lipinski definition) is 2. The first-order valence-corrected chi connectivity index (χ1v) is 21.4. The lowest BCUT2D eigenvalue weighted by molar-refractivity contribution is 0.590. The van der Waals surface area contributed by atoms with E-state index in [0.29, 0.717) is 0 Å². The van der Waals surface area contributed by atoms with Gasteiger partial charge in [0, 0.05) is 26.4 Å². The molecule has 6 aromatic carbocycles. The molecule has 2 N–H and O–H groups in total. The third-order valence-electron chi connectivity index (χ3n) is 9.27. The molecule has 0 aliphatic heterocycles. The maximum atomic E-state index is 9.43. The third kappa shape index (κ3) is 10.7. The van der Waals surface area contributed by atoms with Gasteiger partial charge in [-0.05, 0) is 54.3 Å². The Morgan fingerprint density at radius 3 is 0.750 bits per heavy atom. The third-order valence-corrected chi connectivity index (χ3v) is 15.7. The first-order valence-electron chi connectivity index (χ1n) is 17.5. The van der Waals surface area contributed by atoms with Crippen LogP contribution in [0.3, 0.4) is 0 Å². The Morgan fingerprint density at radius 2 is 0.558 bits per heavy atom. The number of hydrogen-bond acceptors (Lipinski definition) is 2. The molecule has 52 heavy (non-hydrogen) atoms. The SMILES string of the molecule is CC(C)(C)c1ccc(CP(=N)(c2ccccc2)c2ccccc2)cc1.CC(C)(C)c1ccc(CP(=N)(c2ccccc2)c2ccccc2)cc1.Cl.Cl. The minimum absolute atomic E-state index is 0. The van der Waals surface area contributed by atoms with Crippen molar-refractivity contribution in [1.82, 2.24) is 0 Å². The first-order chi connectivity index (χ1) is 23.8.